The molecule has 1 nitrogen and oxygen atoms in total. The standard InChI is InChI=1S/C12H17F2N/c1-3-12(15,4-2)8-9-10(13)6-5-7-11(9)14/h5-7H,3-4,8,15H2,1-2H3. The smallest absolute Gasteiger partial charge is 0.129 e. The van der Waals surface area contributed by atoms with Crippen LogP contribution in [0, 0.1) is 11.6 Å². The van der Waals surface area contributed by atoms with E-state index >= 15 is 0 Å². The summed E-state index contributed by atoms with van der Waals surface area (Å²) in [6.45, 7) is 3.87. The molecule has 0 fully saturated rings. The quantitative estimate of drug-likeness (QED) is 0.817. The molecule has 2 N–H and O–H groups in total. The first-order valence-electron chi connectivity index (χ1n) is 5.24. The van der Waals surface area contributed by atoms with Crippen molar-refractivity contribution < 1.29 is 8.78 Å². The van der Waals surface area contributed by atoms with Crippen LogP contribution in [-0.4, -0.2) is 5.54 Å². The Morgan fingerprint density at radius 2 is 1.60 bits per heavy atom. The first-order valence-corrected chi connectivity index (χ1v) is 5.24. The SMILES string of the molecule is CCC(N)(CC)Cc1c(F)cccc1F. The lowest BCUT2D eigenvalue weighted by molar-refractivity contribution is 0.378. The molecule has 15 heavy (non-hydrogen) atoms. The number of rotatable bonds is 4. The van der Waals surface area contributed by atoms with Crippen LogP contribution in [0.1, 0.15) is 32.3 Å². The molecular weight excluding hydrogens is 196 g/mol. The Hall–Kier alpha value is -0.960. The molecule has 0 atom stereocenters. The molecule has 0 spiro atoms. The van der Waals surface area contributed by atoms with E-state index in [9.17, 15) is 8.78 Å². The average molecular weight is 213 g/mol. The second kappa shape index (κ2) is 4.71. The zero-order chi connectivity index (χ0) is 11.5. The third kappa shape index (κ3) is 2.75. The molecule has 3 heteroatoms. The third-order valence-electron chi connectivity index (χ3n) is 3.00. The highest BCUT2D eigenvalue weighted by Crippen LogP contribution is 2.22. The first-order chi connectivity index (χ1) is 7.02. The number of benzene rings is 1. The lowest BCUT2D eigenvalue weighted by Gasteiger charge is -2.27. The van der Waals surface area contributed by atoms with Gasteiger partial charge in [-0.05, 0) is 31.4 Å². The van der Waals surface area contributed by atoms with Gasteiger partial charge in [0.1, 0.15) is 11.6 Å². The molecule has 0 aliphatic carbocycles. The highest BCUT2D eigenvalue weighted by molar-refractivity contribution is 5.22. The van der Waals surface area contributed by atoms with Crippen molar-refractivity contribution in [3.8, 4) is 0 Å². The fraction of sp³-hybridized carbons (Fsp3) is 0.500. The van der Waals surface area contributed by atoms with Crippen LogP contribution in [0.2, 0.25) is 0 Å². The second-order valence-corrected chi connectivity index (χ2v) is 3.95. The maximum atomic E-state index is 13.4. The van der Waals surface area contributed by atoms with Crippen molar-refractivity contribution in [1.29, 1.82) is 0 Å². The lowest BCUT2D eigenvalue weighted by atomic mass is 9.86. The van der Waals surface area contributed by atoms with Crippen molar-refractivity contribution in [2.75, 3.05) is 0 Å². The number of hydrogen-bond donors (Lipinski definition) is 1. The van der Waals surface area contributed by atoms with Gasteiger partial charge in [-0.25, -0.2) is 8.78 Å². The van der Waals surface area contributed by atoms with Gasteiger partial charge in [0.2, 0.25) is 0 Å². The zero-order valence-electron chi connectivity index (χ0n) is 9.19. The van der Waals surface area contributed by atoms with Crippen LogP contribution in [0.4, 0.5) is 8.78 Å². The van der Waals surface area contributed by atoms with Gasteiger partial charge in [-0.3, -0.25) is 0 Å². The minimum Gasteiger partial charge on any atom is -0.325 e. The van der Waals surface area contributed by atoms with Crippen LogP contribution in [-0.2, 0) is 6.42 Å². The zero-order valence-corrected chi connectivity index (χ0v) is 9.19. The van der Waals surface area contributed by atoms with Gasteiger partial charge in [-0.1, -0.05) is 19.9 Å². The van der Waals surface area contributed by atoms with E-state index in [0.717, 1.165) is 0 Å². The Balaban J connectivity index is 2.98. The summed E-state index contributed by atoms with van der Waals surface area (Å²) in [5.41, 5.74) is 5.62. The predicted octanol–water partition coefficient (Wildman–Crippen LogP) is 3.02. The largest absolute Gasteiger partial charge is 0.325 e. The molecule has 0 aromatic heterocycles. The molecule has 1 aromatic rings. The topological polar surface area (TPSA) is 26.0 Å². The van der Waals surface area contributed by atoms with E-state index in [1.807, 2.05) is 13.8 Å². The normalized spacial score (nSPS) is 11.8. The molecule has 1 rings (SSSR count). The van der Waals surface area contributed by atoms with Crippen molar-refractivity contribution in [2.24, 2.45) is 5.73 Å². The average Bonchev–Trinajstić information content (AvgIpc) is 2.23. The summed E-state index contributed by atoms with van der Waals surface area (Å²) >= 11 is 0. The molecule has 0 aliphatic heterocycles. The molecule has 0 saturated carbocycles. The summed E-state index contributed by atoms with van der Waals surface area (Å²) in [6.07, 6.45) is 1.66. The highest BCUT2D eigenvalue weighted by Gasteiger charge is 2.24. The minimum atomic E-state index is -0.511. The molecular formula is C12H17F2N. The Labute approximate surface area is 89.3 Å². The van der Waals surface area contributed by atoms with Gasteiger partial charge in [0.25, 0.3) is 0 Å². The molecule has 0 heterocycles. The van der Waals surface area contributed by atoms with E-state index < -0.39 is 17.2 Å². The van der Waals surface area contributed by atoms with E-state index in [4.69, 9.17) is 5.73 Å². The van der Waals surface area contributed by atoms with E-state index in [-0.39, 0.29) is 12.0 Å². The second-order valence-electron chi connectivity index (χ2n) is 3.95. The molecule has 0 bridgehead atoms. The summed E-state index contributed by atoms with van der Waals surface area (Å²) < 4.78 is 26.7. The highest BCUT2D eigenvalue weighted by atomic mass is 19.1. The van der Waals surface area contributed by atoms with Crippen LogP contribution in [0.25, 0.3) is 0 Å². The summed E-state index contributed by atoms with van der Waals surface area (Å²) in [7, 11) is 0. The third-order valence-corrected chi connectivity index (χ3v) is 3.00. The van der Waals surface area contributed by atoms with Crippen LogP contribution in [0.5, 0.6) is 0 Å². The van der Waals surface area contributed by atoms with Gasteiger partial charge < -0.3 is 5.73 Å². The Kier molecular flexibility index (Phi) is 3.80. The van der Waals surface area contributed by atoms with E-state index in [2.05, 4.69) is 0 Å². The maximum absolute atomic E-state index is 13.4. The fourth-order valence-electron chi connectivity index (χ4n) is 1.55. The van der Waals surface area contributed by atoms with Crippen molar-refractivity contribution in [2.45, 2.75) is 38.6 Å². The van der Waals surface area contributed by atoms with Gasteiger partial charge in [0, 0.05) is 11.1 Å². The number of nitrogens with two attached hydrogens (primary N) is 1. The van der Waals surface area contributed by atoms with Gasteiger partial charge in [0.15, 0.2) is 0 Å². The fourth-order valence-corrected chi connectivity index (χ4v) is 1.55. The van der Waals surface area contributed by atoms with E-state index in [0.29, 0.717) is 12.8 Å². The number of hydrogen-bond acceptors (Lipinski definition) is 1. The van der Waals surface area contributed by atoms with Gasteiger partial charge in [-0.15, -0.1) is 0 Å². The van der Waals surface area contributed by atoms with E-state index in [1.165, 1.54) is 18.2 Å². The van der Waals surface area contributed by atoms with Crippen LogP contribution < -0.4 is 5.73 Å². The molecule has 0 amide bonds. The Morgan fingerprint density at radius 1 is 1.13 bits per heavy atom. The van der Waals surface area contributed by atoms with Crippen molar-refractivity contribution >= 4 is 0 Å². The Bertz CT molecular complexity index is 312. The minimum absolute atomic E-state index is 0.101. The lowest BCUT2D eigenvalue weighted by Crippen LogP contribution is -2.41. The molecule has 84 valence electrons. The Morgan fingerprint density at radius 3 is 2.00 bits per heavy atom. The number of halogens is 2. The van der Waals surface area contributed by atoms with Crippen LogP contribution in [0.3, 0.4) is 0 Å². The molecule has 0 saturated heterocycles. The van der Waals surface area contributed by atoms with Crippen LogP contribution in [0.15, 0.2) is 18.2 Å². The maximum Gasteiger partial charge on any atom is 0.129 e. The summed E-state index contributed by atoms with van der Waals surface area (Å²) in [5, 5.41) is 0. The van der Waals surface area contributed by atoms with E-state index in [1.54, 1.807) is 0 Å². The van der Waals surface area contributed by atoms with Gasteiger partial charge in [-0.2, -0.15) is 0 Å². The van der Waals surface area contributed by atoms with Crippen molar-refractivity contribution in [1.82, 2.24) is 0 Å². The van der Waals surface area contributed by atoms with Crippen molar-refractivity contribution in [3.63, 3.8) is 0 Å². The summed E-state index contributed by atoms with van der Waals surface area (Å²) in [5.74, 6) is -1.02. The predicted molar refractivity (Wildman–Crippen MR) is 57.6 cm³/mol. The van der Waals surface area contributed by atoms with Crippen molar-refractivity contribution in [3.05, 3.63) is 35.4 Å². The summed E-state index contributed by atoms with van der Waals surface area (Å²) in [6, 6.07) is 3.90. The molecule has 0 unspecified atom stereocenters. The van der Waals surface area contributed by atoms with Gasteiger partial charge >= 0.3 is 0 Å². The monoisotopic (exact) mass is 213 g/mol. The molecule has 0 aliphatic rings. The molecule has 0 radical (unpaired) electrons. The molecule has 1 aromatic carbocycles. The summed E-state index contributed by atoms with van der Waals surface area (Å²) in [4.78, 5) is 0. The van der Waals surface area contributed by atoms with Crippen LogP contribution >= 0.6 is 0 Å². The van der Waals surface area contributed by atoms with Gasteiger partial charge in [0.05, 0.1) is 0 Å². The first kappa shape index (κ1) is 12.1.